The third kappa shape index (κ3) is 3.95. The van der Waals surface area contributed by atoms with Crippen LogP contribution in [0.15, 0.2) is 18.2 Å². The maximum atomic E-state index is 10.3. The molecular formula is C29H39N5O2. The largest absolute Gasteiger partial charge is 0.508 e. The molecule has 36 heavy (non-hydrogen) atoms. The van der Waals surface area contributed by atoms with Crippen molar-refractivity contribution in [2.24, 2.45) is 0 Å². The van der Waals surface area contributed by atoms with Gasteiger partial charge in [-0.15, -0.1) is 0 Å². The third-order valence-electron chi connectivity index (χ3n) is 9.77. The number of nitrogens with zero attached hydrogens (tertiary/aromatic N) is 4. The minimum Gasteiger partial charge on any atom is -0.508 e. The van der Waals surface area contributed by atoms with Crippen LogP contribution in [0.3, 0.4) is 0 Å². The van der Waals surface area contributed by atoms with E-state index in [1.165, 1.54) is 54.5 Å². The highest BCUT2D eigenvalue weighted by Gasteiger charge is 2.42. The number of likely N-dealkylation sites (N-methyl/N-ethyl adjacent to an activating group) is 1. The van der Waals surface area contributed by atoms with E-state index < -0.39 is 0 Å². The summed E-state index contributed by atoms with van der Waals surface area (Å²) in [4.78, 5) is 15.1. The maximum Gasteiger partial charge on any atom is 0.318 e. The number of hydrogen-bond donors (Lipinski definition) is 2. The minimum absolute atomic E-state index is 0.0520. The number of piperazine rings is 1. The summed E-state index contributed by atoms with van der Waals surface area (Å²) in [6, 6.07) is 8.14. The molecule has 2 aliphatic carbocycles. The Hall–Kier alpha value is -2.38. The van der Waals surface area contributed by atoms with Crippen LogP contribution in [0.5, 0.6) is 11.8 Å². The zero-order chi connectivity index (χ0) is 24.3. The van der Waals surface area contributed by atoms with E-state index in [2.05, 4.69) is 28.2 Å². The number of aromatic nitrogens is 2. The normalized spacial score (nSPS) is 31.5. The summed E-state index contributed by atoms with van der Waals surface area (Å²) < 4.78 is 6.35. The van der Waals surface area contributed by atoms with E-state index in [4.69, 9.17) is 14.7 Å². The summed E-state index contributed by atoms with van der Waals surface area (Å²) in [7, 11) is 2.19. The Morgan fingerprint density at radius 1 is 1.08 bits per heavy atom. The summed E-state index contributed by atoms with van der Waals surface area (Å²) in [5.41, 5.74) is 5.30. The Labute approximate surface area is 214 Å². The average molecular weight is 490 g/mol. The number of ether oxygens (including phenoxy) is 1. The lowest BCUT2D eigenvalue weighted by molar-refractivity contribution is 0.186. The number of nitrogens with one attached hydrogen (secondary N) is 1. The molecule has 1 spiro atoms. The monoisotopic (exact) mass is 489 g/mol. The third-order valence-corrected chi connectivity index (χ3v) is 9.77. The number of benzene rings is 1. The molecule has 0 amide bonds. The molecule has 0 saturated carbocycles. The highest BCUT2D eigenvalue weighted by molar-refractivity contribution is 5.54. The highest BCUT2D eigenvalue weighted by Crippen LogP contribution is 2.48. The first kappa shape index (κ1) is 22.8. The second kappa shape index (κ2) is 8.88. The van der Waals surface area contributed by atoms with Gasteiger partial charge in [-0.25, -0.2) is 0 Å². The second-order valence-electron chi connectivity index (χ2n) is 12.0. The van der Waals surface area contributed by atoms with Crippen LogP contribution < -0.4 is 15.0 Å². The van der Waals surface area contributed by atoms with E-state index in [1.807, 2.05) is 12.1 Å². The van der Waals surface area contributed by atoms with Crippen LogP contribution in [0.25, 0.3) is 0 Å². The van der Waals surface area contributed by atoms with Gasteiger partial charge in [0, 0.05) is 42.2 Å². The van der Waals surface area contributed by atoms with Crippen molar-refractivity contribution >= 4 is 5.82 Å². The average Bonchev–Trinajstić information content (AvgIpc) is 3.45. The molecule has 3 fully saturated rings. The van der Waals surface area contributed by atoms with Crippen molar-refractivity contribution in [3.8, 4) is 11.8 Å². The fourth-order valence-electron chi connectivity index (χ4n) is 7.80. The number of aromatic hydroxyl groups is 1. The highest BCUT2D eigenvalue weighted by atomic mass is 16.5. The van der Waals surface area contributed by atoms with Gasteiger partial charge in [0.1, 0.15) is 18.2 Å². The van der Waals surface area contributed by atoms with E-state index in [1.54, 1.807) is 0 Å². The Morgan fingerprint density at radius 2 is 1.94 bits per heavy atom. The topological polar surface area (TPSA) is 73.8 Å². The van der Waals surface area contributed by atoms with Gasteiger partial charge in [0.25, 0.3) is 0 Å². The SMILES string of the molecule is CN1CCC[C@H]1COc1nc2c(c(N3C[C@H]4CC[C@@H](C3)N4)n1)CCC1(CCCc3ccc(O)cc31)C2. The number of anilines is 1. The summed E-state index contributed by atoms with van der Waals surface area (Å²) in [6.07, 6.45) is 11.4. The molecule has 4 atom stereocenters. The molecule has 4 heterocycles. The molecule has 5 aliphatic rings. The first-order valence-electron chi connectivity index (χ1n) is 14.1. The number of hydrogen-bond acceptors (Lipinski definition) is 7. The van der Waals surface area contributed by atoms with Gasteiger partial charge in [-0.2, -0.15) is 9.97 Å². The van der Waals surface area contributed by atoms with Gasteiger partial charge in [-0.05, 0) is 101 Å². The van der Waals surface area contributed by atoms with E-state index in [0.29, 0.717) is 36.5 Å². The fraction of sp³-hybridized carbons (Fsp3) is 0.655. The number of fused-ring (bicyclic) bond motifs is 5. The van der Waals surface area contributed by atoms with Gasteiger partial charge in [-0.3, -0.25) is 0 Å². The molecule has 3 aliphatic heterocycles. The molecule has 192 valence electrons. The summed E-state index contributed by atoms with van der Waals surface area (Å²) in [5.74, 6) is 1.50. The standard InChI is InChI=1S/C29H39N5O2/c1-33-13-3-5-22(33)18-36-28-31-26-15-29(11-2-4-19-6-9-23(35)14-25(19)29)12-10-24(26)27(32-28)34-16-20-7-8-21(17-34)30-20/h6,9,14,20-22,30,35H,2-5,7-8,10-13,15-18H2,1H3/t20-,21+,22-,29?/m0/s1. The molecule has 1 aromatic carbocycles. The van der Waals surface area contributed by atoms with Crippen molar-refractivity contribution in [2.45, 2.75) is 87.7 Å². The molecular weight excluding hydrogens is 450 g/mol. The van der Waals surface area contributed by atoms with Crippen molar-refractivity contribution in [3.05, 3.63) is 40.6 Å². The molecule has 0 radical (unpaired) electrons. The van der Waals surface area contributed by atoms with Crippen LogP contribution in [0, 0.1) is 0 Å². The molecule has 7 heteroatoms. The lowest BCUT2D eigenvalue weighted by atomic mass is 9.62. The molecule has 3 saturated heterocycles. The molecule has 7 nitrogen and oxygen atoms in total. The number of phenolic OH excluding ortho intramolecular Hbond substituents is 1. The van der Waals surface area contributed by atoms with Crippen molar-refractivity contribution in [1.82, 2.24) is 20.2 Å². The molecule has 1 aromatic heterocycles. The maximum absolute atomic E-state index is 10.3. The van der Waals surface area contributed by atoms with E-state index >= 15 is 0 Å². The first-order chi connectivity index (χ1) is 17.6. The van der Waals surface area contributed by atoms with Gasteiger partial charge in [-0.1, -0.05) is 6.07 Å². The van der Waals surface area contributed by atoms with E-state index in [9.17, 15) is 5.11 Å². The second-order valence-corrected chi connectivity index (χ2v) is 12.0. The van der Waals surface area contributed by atoms with Crippen LogP contribution in [0.4, 0.5) is 5.82 Å². The van der Waals surface area contributed by atoms with Crippen LogP contribution in [0.2, 0.25) is 0 Å². The molecule has 2 bridgehead atoms. The molecule has 1 unspecified atom stereocenters. The molecule has 2 N–H and O–H groups in total. The smallest absolute Gasteiger partial charge is 0.318 e. The summed E-state index contributed by atoms with van der Waals surface area (Å²) in [6.45, 7) is 3.84. The van der Waals surface area contributed by atoms with Gasteiger partial charge in [0.2, 0.25) is 0 Å². The first-order valence-corrected chi connectivity index (χ1v) is 14.1. The number of rotatable bonds is 4. The number of likely N-dealkylation sites (tertiary alicyclic amines) is 1. The molecule has 7 rings (SSSR count). The summed E-state index contributed by atoms with van der Waals surface area (Å²) >= 11 is 0. The van der Waals surface area contributed by atoms with E-state index in [0.717, 1.165) is 57.6 Å². The van der Waals surface area contributed by atoms with Gasteiger partial charge >= 0.3 is 6.01 Å². The van der Waals surface area contributed by atoms with Gasteiger partial charge < -0.3 is 25.0 Å². The van der Waals surface area contributed by atoms with Crippen molar-refractivity contribution in [2.75, 3.05) is 38.2 Å². The zero-order valence-corrected chi connectivity index (χ0v) is 21.5. The Morgan fingerprint density at radius 3 is 2.75 bits per heavy atom. The van der Waals surface area contributed by atoms with Crippen molar-refractivity contribution in [1.29, 1.82) is 0 Å². The van der Waals surface area contributed by atoms with Crippen molar-refractivity contribution in [3.63, 3.8) is 0 Å². The number of aryl methyl sites for hydroxylation is 1. The lowest BCUT2D eigenvalue weighted by Gasteiger charge is -2.43. The van der Waals surface area contributed by atoms with Crippen LogP contribution in [-0.2, 0) is 24.7 Å². The van der Waals surface area contributed by atoms with E-state index in [-0.39, 0.29) is 5.41 Å². The van der Waals surface area contributed by atoms with Gasteiger partial charge in [0.15, 0.2) is 0 Å². The van der Waals surface area contributed by atoms with Crippen LogP contribution in [-0.4, -0.2) is 71.4 Å². The van der Waals surface area contributed by atoms with Crippen LogP contribution >= 0.6 is 0 Å². The Bertz CT molecular complexity index is 1140. The predicted octanol–water partition coefficient (Wildman–Crippen LogP) is 3.36. The van der Waals surface area contributed by atoms with Gasteiger partial charge in [0.05, 0.1) is 5.69 Å². The summed E-state index contributed by atoms with van der Waals surface area (Å²) in [5, 5.41) is 14.1. The lowest BCUT2D eigenvalue weighted by Crippen LogP contribution is -2.52. The molecule has 2 aromatic rings. The Balaban J connectivity index is 1.25. The zero-order valence-electron chi connectivity index (χ0n) is 21.5. The fourth-order valence-corrected chi connectivity index (χ4v) is 7.80. The quantitative estimate of drug-likeness (QED) is 0.682. The van der Waals surface area contributed by atoms with Crippen molar-refractivity contribution < 1.29 is 9.84 Å². The van der Waals surface area contributed by atoms with Crippen LogP contribution in [0.1, 0.15) is 67.3 Å². The predicted molar refractivity (Wildman–Crippen MR) is 140 cm³/mol. The Kier molecular flexibility index (Phi) is 5.62. The minimum atomic E-state index is 0.0520. The number of phenols is 1.